The first kappa shape index (κ1) is 10.2. The van der Waals surface area contributed by atoms with Gasteiger partial charge in [-0.05, 0) is 25.9 Å². The minimum absolute atomic E-state index is 0. The molecule has 0 aromatic heterocycles. The Bertz CT molecular complexity index is 87.7. The molecule has 0 amide bonds. The minimum atomic E-state index is 0. The molecule has 1 heterocycles. The highest BCUT2D eigenvalue weighted by atomic mass is 35.5. The lowest BCUT2D eigenvalue weighted by molar-refractivity contribution is 0.311. The van der Waals surface area contributed by atoms with Crippen LogP contribution in [0.5, 0.6) is 0 Å². The molecule has 10 heavy (non-hydrogen) atoms. The van der Waals surface area contributed by atoms with E-state index < -0.39 is 0 Å². The van der Waals surface area contributed by atoms with Gasteiger partial charge >= 0.3 is 0 Å². The zero-order chi connectivity index (χ0) is 6.69. The predicted octanol–water partition coefficient (Wildman–Crippen LogP) is 0.626. The summed E-state index contributed by atoms with van der Waals surface area (Å²) in [5.41, 5.74) is 0. The molecule has 2 nitrogen and oxygen atoms in total. The van der Waals surface area contributed by atoms with E-state index in [1.54, 1.807) is 0 Å². The third-order valence-corrected chi connectivity index (χ3v) is 2.20. The Morgan fingerprint density at radius 3 is 2.60 bits per heavy atom. The van der Waals surface area contributed by atoms with Crippen LogP contribution in [-0.2, 0) is 0 Å². The lowest BCUT2D eigenvalue weighted by Crippen LogP contribution is -2.46. The van der Waals surface area contributed by atoms with Crippen molar-refractivity contribution in [3.05, 3.63) is 0 Å². The Kier molecular flexibility index (Phi) is 5.04. The summed E-state index contributed by atoms with van der Waals surface area (Å²) in [7, 11) is 2.04. The molecule has 1 aliphatic rings. The Balaban J connectivity index is 0.000000810. The second kappa shape index (κ2) is 4.94. The van der Waals surface area contributed by atoms with Crippen LogP contribution in [0.2, 0.25) is 0 Å². The van der Waals surface area contributed by atoms with Gasteiger partial charge in [-0.1, -0.05) is 6.92 Å². The molecular formula is C7H17ClN2. The molecule has 2 N–H and O–H groups in total. The highest BCUT2D eigenvalue weighted by Gasteiger charge is 2.17. The summed E-state index contributed by atoms with van der Waals surface area (Å²) >= 11 is 0. The monoisotopic (exact) mass is 164 g/mol. The van der Waals surface area contributed by atoms with Crippen molar-refractivity contribution in [1.29, 1.82) is 0 Å². The smallest absolute Gasteiger partial charge is 0.0215 e. The van der Waals surface area contributed by atoms with E-state index in [1.165, 1.54) is 13.0 Å². The average Bonchev–Trinajstić information content (AvgIpc) is 1.89. The normalized spacial score (nSPS) is 33.0. The first-order valence-electron chi connectivity index (χ1n) is 3.72. The largest absolute Gasteiger partial charge is 0.315 e. The number of hydrogen-bond acceptors (Lipinski definition) is 2. The highest BCUT2D eigenvalue weighted by molar-refractivity contribution is 5.85. The van der Waals surface area contributed by atoms with E-state index >= 15 is 0 Å². The fraction of sp³-hybridized carbons (Fsp3) is 1.00. The van der Waals surface area contributed by atoms with Gasteiger partial charge in [-0.3, -0.25) is 0 Å². The highest BCUT2D eigenvalue weighted by Crippen LogP contribution is 2.09. The van der Waals surface area contributed by atoms with Crippen LogP contribution in [0.4, 0.5) is 0 Å². The van der Waals surface area contributed by atoms with Gasteiger partial charge in [-0.25, -0.2) is 0 Å². The van der Waals surface area contributed by atoms with Gasteiger partial charge in [-0.2, -0.15) is 0 Å². The molecule has 62 valence electrons. The van der Waals surface area contributed by atoms with E-state index in [-0.39, 0.29) is 12.4 Å². The SMILES string of the molecule is CN[C@H]1CNCC[C@H]1C.Cl. The van der Waals surface area contributed by atoms with Crippen molar-refractivity contribution in [3.8, 4) is 0 Å². The van der Waals surface area contributed by atoms with E-state index in [0.717, 1.165) is 12.5 Å². The van der Waals surface area contributed by atoms with E-state index in [9.17, 15) is 0 Å². The molecule has 0 unspecified atom stereocenters. The Morgan fingerprint density at radius 2 is 2.20 bits per heavy atom. The third-order valence-electron chi connectivity index (χ3n) is 2.20. The van der Waals surface area contributed by atoms with Crippen LogP contribution < -0.4 is 10.6 Å². The van der Waals surface area contributed by atoms with Gasteiger partial charge in [0.2, 0.25) is 0 Å². The lowest BCUT2D eigenvalue weighted by atomic mass is 9.95. The molecule has 0 saturated carbocycles. The number of piperidine rings is 1. The van der Waals surface area contributed by atoms with Crippen molar-refractivity contribution in [3.63, 3.8) is 0 Å². The summed E-state index contributed by atoms with van der Waals surface area (Å²) in [4.78, 5) is 0. The topological polar surface area (TPSA) is 24.1 Å². The van der Waals surface area contributed by atoms with Crippen molar-refractivity contribution in [2.75, 3.05) is 20.1 Å². The average molecular weight is 165 g/mol. The van der Waals surface area contributed by atoms with Gasteiger partial charge in [0.25, 0.3) is 0 Å². The van der Waals surface area contributed by atoms with Gasteiger partial charge in [-0.15, -0.1) is 12.4 Å². The summed E-state index contributed by atoms with van der Waals surface area (Å²) in [5.74, 6) is 0.844. The lowest BCUT2D eigenvalue weighted by Gasteiger charge is -2.28. The van der Waals surface area contributed by atoms with E-state index in [2.05, 4.69) is 17.6 Å². The fourth-order valence-electron chi connectivity index (χ4n) is 1.38. The molecule has 0 bridgehead atoms. The Labute approximate surface area is 69.2 Å². The van der Waals surface area contributed by atoms with Crippen LogP contribution in [0.25, 0.3) is 0 Å². The van der Waals surface area contributed by atoms with Crippen molar-refractivity contribution < 1.29 is 0 Å². The second-order valence-electron chi connectivity index (χ2n) is 2.87. The van der Waals surface area contributed by atoms with Gasteiger partial charge in [0, 0.05) is 12.6 Å². The summed E-state index contributed by atoms with van der Waals surface area (Å²) < 4.78 is 0. The van der Waals surface area contributed by atoms with Crippen molar-refractivity contribution in [2.24, 2.45) is 5.92 Å². The molecule has 0 aromatic rings. The molecular weight excluding hydrogens is 148 g/mol. The van der Waals surface area contributed by atoms with Crippen LogP contribution in [0.1, 0.15) is 13.3 Å². The van der Waals surface area contributed by atoms with Gasteiger partial charge in [0.05, 0.1) is 0 Å². The van der Waals surface area contributed by atoms with Crippen molar-refractivity contribution in [2.45, 2.75) is 19.4 Å². The molecule has 2 atom stereocenters. The van der Waals surface area contributed by atoms with Gasteiger partial charge in [0.15, 0.2) is 0 Å². The van der Waals surface area contributed by atoms with Crippen molar-refractivity contribution >= 4 is 12.4 Å². The minimum Gasteiger partial charge on any atom is -0.315 e. The van der Waals surface area contributed by atoms with Crippen LogP contribution in [-0.4, -0.2) is 26.2 Å². The van der Waals surface area contributed by atoms with Crippen molar-refractivity contribution in [1.82, 2.24) is 10.6 Å². The number of likely N-dealkylation sites (N-methyl/N-ethyl adjacent to an activating group) is 1. The second-order valence-corrected chi connectivity index (χ2v) is 2.87. The number of nitrogens with one attached hydrogen (secondary N) is 2. The Hall–Kier alpha value is 0.210. The summed E-state index contributed by atoms with van der Waals surface area (Å²) in [6, 6.07) is 0.693. The molecule has 3 heteroatoms. The first-order valence-corrected chi connectivity index (χ1v) is 3.72. The predicted molar refractivity (Wildman–Crippen MR) is 46.7 cm³/mol. The zero-order valence-corrected chi connectivity index (χ0v) is 7.50. The van der Waals surface area contributed by atoms with E-state index in [0.29, 0.717) is 6.04 Å². The van der Waals surface area contributed by atoms with Crippen LogP contribution in [0.15, 0.2) is 0 Å². The molecule has 0 aliphatic carbocycles. The molecule has 0 aromatic carbocycles. The maximum absolute atomic E-state index is 3.35. The first-order chi connectivity index (χ1) is 4.34. The van der Waals surface area contributed by atoms with Gasteiger partial charge < -0.3 is 10.6 Å². The van der Waals surface area contributed by atoms with Crippen LogP contribution >= 0.6 is 12.4 Å². The zero-order valence-electron chi connectivity index (χ0n) is 6.68. The van der Waals surface area contributed by atoms with Crippen LogP contribution in [0, 0.1) is 5.92 Å². The number of halogens is 1. The summed E-state index contributed by atoms with van der Waals surface area (Å²) in [5, 5.41) is 6.64. The molecule has 0 spiro atoms. The molecule has 1 fully saturated rings. The molecule has 1 aliphatic heterocycles. The number of hydrogen-bond donors (Lipinski definition) is 2. The van der Waals surface area contributed by atoms with Gasteiger partial charge in [0.1, 0.15) is 0 Å². The maximum Gasteiger partial charge on any atom is 0.0215 e. The van der Waals surface area contributed by atoms with Crippen LogP contribution in [0.3, 0.4) is 0 Å². The summed E-state index contributed by atoms with van der Waals surface area (Å²) in [6.45, 7) is 4.64. The molecule has 1 rings (SSSR count). The number of rotatable bonds is 1. The summed E-state index contributed by atoms with van der Waals surface area (Å²) in [6.07, 6.45) is 1.31. The van der Waals surface area contributed by atoms with E-state index in [4.69, 9.17) is 0 Å². The van der Waals surface area contributed by atoms with E-state index in [1.807, 2.05) is 7.05 Å². The molecule has 0 radical (unpaired) electrons. The standard InChI is InChI=1S/C7H16N2.ClH/c1-6-3-4-9-5-7(6)8-2;/h6-9H,3-5H2,1-2H3;1H/t6-,7+;/m1./s1. The third kappa shape index (κ3) is 2.45. The Morgan fingerprint density at radius 1 is 1.50 bits per heavy atom. The quantitative estimate of drug-likeness (QED) is 0.594. The fourth-order valence-corrected chi connectivity index (χ4v) is 1.38. The molecule has 1 saturated heterocycles. The maximum atomic E-state index is 3.35.